The molecule has 1 N–H and O–H groups in total. The second kappa shape index (κ2) is 5.50. The van der Waals surface area contributed by atoms with Crippen LogP contribution in [-0.2, 0) is 4.79 Å². The highest BCUT2D eigenvalue weighted by molar-refractivity contribution is 5.99. The molecule has 5 nitrogen and oxygen atoms in total. The van der Waals surface area contributed by atoms with E-state index < -0.39 is 5.91 Å². The number of pyridine rings is 1. The fourth-order valence-corrected chi connectivity index (χ4v) is 0.915. The first-order valence-corrected chi connectivity index (χ1v) is 4.34. The average Bonchev–Trinajstić information content (AvgIpc) is 2.27. The standard InChI is InChI=1S/C10H10N4O/c1-8(9-3-6-12-7-4-9)13-14-10(15)2-5-11/h3-4,6-7H,2H2,1H3,(H,14,15). The van der Waals surface area contributed by atoms with Crippen molar-refractivity contribution in [1.82, 2.24) is 10.4 Å². The normalized spacial score (nSPS) is 10.5. The number of hydrogen-bond acceptors (Lipinski definition) is 4. The van der Waals surface area contributed by atoms with Crippen LogP contribution in [0.1, 0.15) is 18.9 Å². The van der Waals surface area contributed by atoms with Gasteiger partial charge in [0.05, 0.1) is 11.8 Å². The van der Waals surface area contributed by atoms with Crippen molar-refractivity contribution in [3.05, 3.63) is 30.1 Å². The van der Waals surface area contributed by atoms with Crippen LogP contribution in [0.5, 0.6) is 0 Å². The molecule has 0 fully saturated rings. The Kier molecular flexibility index (Phi) is 3.98. The minimum atomic E-state index is -0.411. The molecule has 0 saturated heterocycles. The maximum absolute atomic E-state index is 10.9. The lowest BCUT2D eigenvalue weighted by molar-refractivity contribution is -0.120. The number of carbonyl (C=O) groups is 1. The van der Waals surface area contributed by atoms with Crippen molar-refractivity contribution in [2.75, 3.05) is 0 Å². The number of aromatic nitrogens is 1. The van der Waals surface area contributed by atoms with Gasteiger partial charge in [-0.15, -0.1) is 0 Å². The number of carbonyl (C=O) groups excluding carboxylic acids is 1. The zero-order valence-electron chi connectivity index (χ0n) is 8.27. The quantitative estimate of drug-likeness (QED) is 0.582. The average molecular weight is 202 g/mol. The van der Waals surface area contributed by atoms with Crippen LogP contribution in [-0.4, -0.2) is 16.6 Å². The molecule has 76 valence electrons. The summed E-state index contributed by atoms with van der Waals surface area (Å²) in [5.41, 5.74) is 3.84. The molecule has 0 aliphatic heterocycles. The minimum Gasteiger partial charge on any atom is -0.272 e. The van der Waals surface area contributed by atoms with Gasteiger partial charge in [0.15, 0.2) is 0 Å². The van der Waals surface area contributed by atoms with E-state index in [-0.39, 0.29) is 6.42 Å². The summed E-state index contributed by atoms with van der Waals surface area (Å²) in [6, 6.07) is 5.31. The van der Waals surface area contributed by atoms with E-state index in [2.05, 4.69) is 15.5 Å². The molecule has 1 rings (SSSR count). The molecule has 0 bridgehead atoms. The molecule has 0 radical (unpaired) electrons. The molecule has 1 aromatic rings. The molecule has 0 atom stereocenters. The summed E-state index contributed by atoms with van der Waals surface area (Å²) in [5, 5.41) is 12.1. The predicted octanol–water partition coefficient (Wildman–Crippen LogP) is 0.835. The van der Waals surface area contributed by atoms with Gasteiger partial charge in [0.25, 0.3) is 5.91 Å². The van der Waals surface area contributed by atoms with E-state index >= 15 is 0 Å². The second-order valence-corrected chi connectivity index (χ2v) is 2.80. The van der Waals surface area contributed by atoms with Gasteiger partial charge in [-0.1, -0.05) is 0 Å². The molecule has 0 aliphatic carbocycles. The maximum atomic E-state index is 10.9. The van der Waals surface area contributed by atoms with Gasteiger partial charge < -0.3 is 0 Å². The van der Waals surface area contributed by atoms with Crippen LogP contribution in [0.3, 0.4) is 0 Å². The first-order chi connectivity index (χ1) is 7.24. The Morgan fingerprint density at radius 3 is 2.87 bits per heavy atom. The fraction of sp³-hybridized carbons (Fsp3) is 0.200. The van der Waals surface area contributed by atoms with Crippen molar-refractivity contribution in [3.63, 3.8) is 0 Å². The fourth-order valence-electron chi connectivity index (χ4n) is 0.915. The Labute approximate surface area is 87.4 Å². The van der Waals surface area contributed by atoms with Crippen LogP contribution in [0, 0.1) is 11.3 Å². The summed E-state index contributed by atoms with van der Waals surface area (Å²) in [4.78, 5) is 14.8. The number of hydrogen-bond donors (Lipinski definition) is 1. The Morgan fingerprint density at radius 2 is 2.27 bits per heavy atom. The lowest BCUT2D eigenvalue weighted by Gasteiger charge is -1.99. The van der Waals surface area contributed by atoms with E-state index in [9.17, 15) is 4.79 Å². The van der Waals surface area contributed by atoms with Gasteiger partial charge in [0.1, 0.15) is 6.42 Å². The van der Waals surface area contributed by atoms with Crippen LogP contribution in [0.2, 0.25) is 0 Å². The third-order valence-electron chi connectivity index (χ3n) is 1.69. The molecular formula is C10H10N4O. The third-order valence-corrected chi connectivity index (χ3v) is 1.69. The van der Waals surface area contributed by atoms with Crippen molar-refractivity contribution in [2.45, 2.75) is 13.3 Å². The molecule has 1 heterocycles. The van der Waals surface area contributed by atoms with Crippen LogP contribution < -0.4 is 5.43 Å². The van der Waals surface area contributed by atoms with Crippen LogP contribution in [0.4, 0.5) is 0 Å². The smallest absolute Gasteiger partial charge is 0.254 e. The van der Waals surface area contributed by atoms with Crippen molar-refractivity contribution in [1.29, 1.82) is 5.26 Å². The van der Waals surface area contributed by atoms with E-state index in [0.717, 1.165) is 5.56 Å². The molecule has 1 amide bonds. The Morgan fingerprint density at radius 1 is 1.60 bits per heavy atom. The van der Waals surface area contributed by atoms with Gasteiger partial charge >= 0.3 is 0 Å². The van der Waals surface area contributed by atoms with Crippen molar-refractivity contribution in [3.8, 4) is 6.07 Å². The number of hydrazone groups is 1. The summed E-state index contributed by atoms with van der Waals surface area (Å²) < 4.78 is 0. The van der Waals surface area contributed by atoms with Crippen molar-refractivity contribution in [2.24, 2.45) is 5.10 Å². The Balaban J connectivity index is 2.62. The Bertz CT molecular complexity index is 405. The van der Waals surface area contributed by atoms with E-state index in [4.69, 9.17) is 5.26 Å². The Hall–Kier alpha value is -2.22. The molecule has 0 unspecified atom stereocenters. The van der Waals surface area contributed by atoms with Crippen LogP contribution >= 0.6 is 0 Å². The molecule has 15 heavy (non-hydrogen) atoms. The number of amides is 1. The summed E-state index contributed by atoms with van der Waals surface area (Å²) in [5.74, 6) is -0.411. The third kappa shape index (κ3) is 3.56. The maximum Gasteiger partial charge on any atom is 0.254 e. The van der Waals surface area contributed by atoms with E-state index in [1.165, 1.54) is 0 Å². The van der Waals surface area contributed by atoms with Gasteiger partial charge in [-0.05, 0) is 19.1 Å². The van der Waals surface area contributed by atoms with E-state index in [1.807, 2.05) is 0 Å². The van der Waals surface area contributed by atoms with Gasteiger partial charge in [-0.25, -0.2) is 5.43 Å². The van der Waals surface area contributed by atoms with Gasteiger partial charge in [0, 0.05) is 18.0 Å². The molecule has 5 heteroatoms. The summed E-state index contributed by atoms with van der Waals surface area (Å²) in [6.45, 7) is 1.77. The highest BCUT2D eigenvalue weighted by Gasteiger charge is 1.99. The number of nitrogens with zero attached hydrogens (tertiary/aromatic N) is 3. The molecule has 0 saturated carbocycles. The SMILES string of the molecule is CC(=NNC(=O)CC#N)c1ccncc1. The highest BCUT2D eigenvalue weighted by atomic mass is 16.2. The zero-order chi connectivity index (χ0) is 11.1. The van der Waals surface area contributed by atoms with Crippen molar-refractivity contribution < 1.29 is 4.79 Å². The van der Waals surface area contributed by atoms with Crippen LogP contribution in [0.25, 0.3) is 0 Å². The van der Waals surface area contributed by atoms with Crippen molar-refractivity contribution >= 4 is 11.6 Å². The predicted molar refractivity (Wildman–Crippen MR) is 54.8 cm³/mol. The molecular weight excluding hydrogens is 192 g/mol. The molecule has 0 aromatic carbocycles. The van der Waals surface area contributed by atoms with Gasteiger partial charge in [-0.2, -0.15) is 10.4 Å². The first kappa shape index (κ1) is 10.9. The monoisotopic (exact) mass is 202 g/mol. The van der Waals surface area contributed by atoms with E-state index in [1.54, 1.807) is 37.5 Å². The summed E-state index contributed by atoms with van der Waals surface area (Å²) >= 11 is 0. The summed E-state index contributed by atoms with van der Waals surface area (Å²) in [6.07, 6.45) is 3.10. The topological polar surface area (TPSA) is 78.1 Å². The largest absolute Gasteiger partial charge is 0.272 e. The molecule has 0 aliphatic rings. The number of rotatable bonds is 3. The summed E-state index contributed by atoms with van der Waals surface area (Å²) in [7, 11) is 0. The number of nitrogens with one attached hydrogen (secondary N) is 1. The molecule has 0 spiro atoms. The lowest BCUT2D eigenvalue weighted by atomic mass is 10.2. The van der Waals surface area contributed by atoms with Gasteiger partial charge in [0.2, 0.25) is 0 Å². The first-order valence-electron chi connectivity index (χ1n) is 4.34. The lowest BCUT2D eigenvalue weighted by Crippen LogP contribution is -2.18. The highest BCUT2D eigenvalue weighted by Crippen LogP contribution is 1.97. The number of nitriles is 1. The van der Waals surface area contributed by atoms with E-state index in [0.29, 0.717) is 5.71 Å². The molecule has 1 aromatic heterocycles. The van der Waals surface area contributed by atoms with Gasteiger partial charge in [-0.3, -0.25) is 9.78 Å². The zero-order valence-corrected chi connectivity index (χ0v) is 8.27. The van der Waals surface area contributed by atoms with Crippen LogP contribution in [0.15, 0.2) is 29.6 Å². The minimum absolute atomic E-state index is 0.187. The second-order valence-electron chi connectivity index (χ2n) is 2.80.